The van der Waals surface area contributed by atoms with Gasteiger partial charge in [0, 0.05) is 49.6 Å². The molecular formula is C72H46N2O. The van der Waals surface area contributed by atoms with Crippen LogP contribution in [0.5, 0.6) is 0 Å². The lowest BCUT2D eigenvalue weighted by molar-refractivity contribution is 0.673. The van der Waals surface area contributed by atoms with Crippen LogP contribution in [0, 0.1) is 0 Å². The van der Waals surface area contributed by atoms with Crippen LogP contribution in [0.3, 0.4) is 0 Å². The first-order valence-corrected chi connectivity index (χ1v) is 25.7. The molecule has 15 aromatic rings. The Morgan fingerprint density at radius 2 is 0.907 bits per heavy atom. The summed E-state index contributed by atoms with van der Waals surface area (Å²) in [6, 6.07) is 102. The molecule has 13 aromatic carbocycles. The van der Waals surface area contributed by atoms with Crippen molar-refractivity contribution in [3.8, 4) is 50.2 Å². The Bertz CT molecular complexity index is 4660. The molecule has 350 valence electrons. The Hall–Kier alpha value is -9.96. The van der Waals surface area contributed by atoms with Gasteiger partial charge in [-0.25, -0.2) is 0 Å². The van der Waals surface area contributed by atoms with Gasteiger partial charge >= 0.3 is 0 Å². The van der Waals surface area contributed by atoms with E-state index in [9.17, 15) is 0 Å². The highest BCUT2D eigenvalue weighted by atomic mass is 16.3. The predicted octanol–water partition coefficient (Wildman–Crippen LogP) is 20.3. The van der Waals surface area contributed by atoms with Crippen LogP contribution in [-0.4, -0.2) is 4.57 Å². The second-order valence-electron chi connectivity index (χ2n) is 19.6. The number of benzene rings is 13. The molecular weight excluding hydrogens is 909 g/mol. The highest BCUT2D eigenvalue weighted by molar-refractivity contribution is 6.19. The summed E-state index contributed by atoms with van der Waals surface area (Å²) >= 11 is 0. The van der Waals surface area contributed by atoms with E-state index in [1.54, 1.807) is 0 Å². The number of nitrogens with zero attached hydrogens (tertiary/aromatic N) is 2. The van der Waals surface area contributed by atoms with E-state index in [1.807, 2.05) is 0 Å². The molecule has 0 atom stereocenters. The fraction of sp³-hybridized carbons (Fsp3) is 0. The minimum Gasteiger partial charge on any atom is -0.455 e. The number of aromatic nitrogens is 1. The minimum absolute atomic E-state index is 0.877. The van der Waals surface area contributed by atoms with Gasteiger partial charge in [-0.1, -0.05) is 200 Å². The lowest BCUT2D eigenvalue weighted by Gasteiger charge is -2.29. The molecule has 75 heavy (non-hydrogen) atoms. The zero-order chi connectivity index (χ0) is 49.4. The zero-order valence-electron chi connectivity index (χ0n) is 40.9. The van der Waals surface area contributed by atoms with Gasteiger partial charge in [-0.15, -0.1) is 0 Å². The summed E-state index contributed by atoms with van der Waals surface area (Å²) in [7, 11) is 0. The zero-order valence-corrected chi connectivity index (χ0v) is 40.9. The third kappa shape index (κ3) is 7.05. The molecule has 0 N–H and O–H groups in total. The molecule has 2 heterocycles. The first-order chi connectivity index (χ1) is 37.2. The first kappa shape index (κ1) is 42.7. The number of rotatable bonds is 8. The van der Waals surface area contributed by atoms with Gasteiger partial charge in [0.05, 0.1) is 16.7 Å². The number of hydrogen-bond donors (Lipinski definition) is 0. The summed E-state index contributed by atoms with van der Waals surface area (Å²) in [4.78, 5) is 2.44. The molecule has 2 aromatic heterocycles. The largest absolute Gasteiger partial charge is 0.455 e. The van der Waals surface area contributed by atoms with E-state index in [-0.39, 0.29) is 0 Å². The van der Waals surface area contributed by atoms with Gasteiger partial charge in [0.25, 0.3) is 0 Å². The summed E-state index contributed by atoms with van der Waals surface area (Å²) in [5.74, 6) is 0. The van der Waals surface area contributed by atoms with Crippen molar-refractivity contribution in [1.82, 2.24) is 4.57 Å². The molecule has 0 saturated carbocycles. The van der Waals surface area contributed by atoms with Crippen molar-refractivity contribution < 1.29 is 4.42 Å². The second kappa shape index (κ2) is 17.4. The molecule has 0 radical (unpaired) electrons. The summed E-state index contributed by atoms with van der Waals surface area (Å²) in [6.45, 7) is 0. The normalized spacial score (nSPS) is 11.7. The summed E-state index contributed by atoms with van der Waals surface area (Å²) < 4.78 is 9.10. The predicted molar refractivity (Wildman–Crippen MR) is 317 cm³/mol. The van der Waals surface area contributed by atoms with Gasteiger partial charge in [-0.2, -0.15) is 0 Å². The second-order valence-corrected chi connectivity index (χ2v) is 19.6. The van der Waals surface area contributed by atoms with Crippen molar-refractivity contribution in [2.24, 2.45) is 0 Å². The average molecular weight is 955 g/mol. The van der Waals surface area contributed by atoms with Crippen molar-refractivity contribution >= 4 is 93.1 Å². The van der Waals surface area contributed by atoms with Gasteiger partial charge in [0.2, 0.25) is 0 Å². The van der Waals surface area contributed by atoms with Crippen LogP contribution in [0.15, 0.2) is 283 Å². The molecule has 0 bridgehead atoms. The Morgan fingerprint density at radius 3 is 1.71 bits per heavy atom. The van der Waals surface area contributed by atoms with E-state index in [0.29, 0.717) is 0 Å². The van der Waals surface area contributed by atoms with Gasteiger partial charge in [0.15, 0.2) is 0 Å². The third-order valence-corrected chi connectivity index (χ3v) is 15.3. The summed E-state index contributed by atoms with van der Waals surface area (Å²) in [5, 5.41) is 12.0. The Balaban J connectivity index is 0.914. The number of para-hydroxylation sites is 2. The molecule has 0 spiro atoms. The van der Waals surface area contributed by atoms with Crippen LogP contribution in [0.25, 0.3) is 126 Å². The molecule has 3 nitrogen and oxygen atoms in total. The Morgan fingerprint density at radius 1 is 0.293 bits per heavy atom. The summed E-state index contributed by atoms with van der Waals surface area (Å²) in [5.41, 5.74) is 17.7. The fourth-order valence-corrected chi connectivity index (χ4v) is 11.9. The van der Waals surface area contributed by atoms with Crippen LogP contribution >= 0.6 is 0 Å². The fourth-order valence-electron chi connectivity index (χ4n) is 11.9. The van der Waals surface area contributed by atoms with Crippen molar-refractivity contribution in [2.45, 2.75) is 0 Å². The maximum Gasteiger partial charge on any atom is 0.143 e. The molecule has 0 saturated heterocycles. The maximum absolute atomic E-state index is 6.71. The third-order valence-electron chi connectivity index (χ3n) is 15.3. The minimum atomic E-state index is 0.877. The topological polar surface area (TPSA) is 21.3 Å². The highest BCUT2D eigenvalue weighted by Crippen LogP contribution is 2.47. The van der Waals surface area contributed by atoms with E-state index >= 15 is 0 Å². The van der Waals surface area contributed by atoms with Crippen molar-refractivity contribution in [2.75, 3.05) is 4.90 Å². The number of hydrogen-bond acceptors (Lipinski definition) is 2. The Kier molecular flexibility index (Phi) is 9.89. The van der Waals surface area contributed by atoms with Crippen LogP contribution in [-0.2, 0) is 0 Å². The van der Waals surface area contributed by atoms with Gasteiger partial charge in [-0.05, 0) is 145 Å². The average Bonchev–Trinajstić information content (AvgIpc) is 4.04. The molecule has 0 aliphatic rings. The van der Waals surface area contributed by atoms with E-state index < -0.39 is 0 Å². The smallest absolute Gasteiger partial charge is 0.143 e. The van der Waals surface area contributed by atoms with Crippen LogP contribution in [0.1, 0.15) is 0 Å². The number of fused-ring (bicyclic) bond motifs is 11. The molecule has 0 aliphatic heterocycles. The van der Waals surface area contributed by atoms with Gasteiger partial charge < -0.3 is 13.9 Å². The first-order valence-electron chi connectivity index (χ1n) is 25.7. The molecule has 3 heteroatoms. The molecule has 0 unspecified atom stereocenters. The highest BCUT2D eigenvalue weighted by Gasteiger charge is 2.22. The number of furan rings is 1. The standard InChI is InChI=1S/C72H46N2O/c1-2-17-48(18-3-1)66-46-53(65-45-52-20-5-6-25-57(52)60-27-8-9-28-61(60)65)38-42-69(66)73(55-23-15-22-51(44-55)58-31-16-34-70-71(58)64-41-37-49-19-4-7-26-59(49)72(64)75-70)54-39-35-47(36-40-54)50-21-14-24-56(43-50)74-67-32-12-10-29-62(67)63-30-11-13-33-68(63)74/h1-46H. The molecule has 0 aliphatic carbocycles. The van der Waals surface area contributed by atoms with E-state index in [1.165, 1.54) is 54.3 Å². The van der Waals surface area contributed by atoms with Crippen LogP contribution in [0.2, 0.25) is 0 Å². The lowest BCUT2D eigenvalue weighted by atomic mass is 9.91. The van der Waals surface area contributed by atoms with Crippen molar-refractivity contribution in [1.29, 1.82) is 0 Å². The SMILES string of the molecule is c1ccc(-c2cc(-c3cc4ccccc4c4ccccc34)ccc2N(c2ccc(-c3cccc(-n4c5ccccc5c5ccccc54)c3)cc2)c2cccc(-c3cccc4oc5c6ccccc6ccc5c34)c2)cc1. The van der Waals surface area contributed by atoms with Gasteiger partial charge in [-0.3, -0.25) is 0 Å². The van der Waals surface area contributed by atoms with E-state index in [2.05, 4.69) is 289 Å². The Labute approximate surface area is 434 Å². The number of anilines is 3. The van der Waals surface area contributed by atoms with E-state index in [0.717, 1.165) is 89.0 Å². The van der Waals surface area contributed by atoms with Crippen molar-refractivity contribution in [3.05, 3.63) is 279 Å². The molecule has 15 rings (SSSR count). The molecule has 0 amide bonds. The maximum atomic E-state index is 6.71. The van der Waals surface area contributed by atoms with Gasteiger partial charge in [0.1, 0.15) is 11.2 Å². The molecule has 0 fully saturated rings. The monoisotopic (exact) mass is 954 g/mol. The lowest BCUT2D eigenvalue weighted by Crippen LogP contribution is -2.11. The quantitative estimate of drug-likeness (QED) is 0.142. The summed E-state index contributed by atoms with van der Waals surface area (Å²) in [6.07, 6.45) is 0. The van der Waals surface area contributed by atoms with Crippen molar-refractivity contribution in [3.63, 3.8) is 0 Å². The van der Waals surface area contributed by atoms with E-state index in [4.69, 9.17) is 4.42 Å². The van der Waals surface area contributed by atoms with Crippen LogP contribution < -0.4 is 4.90 Å². The van der Waals surface area contributed by atoms with Crippen LogP contribution in [0.4, 0.5) is 17.1 Å².